The van der Waals surface area contributed by atoms with Gasteiger partial charge < -0.3 is 19.9 Å². The predicted molar refractivity (Wildman–Crippen MR) is 97.5 cm³/mol. The van der Waals surface area contributed by atoms with Crippen LogP contribution in [0.1, 0.15) is 12.5 Å². The van der Waals surface area contributed by atoms with E-state index in [2.05, 4.69) is 15.2 Å². The number of urea groups is 1. The Morgan fingerprint density at radius 2 is 2.04 bits per heavy atom. The highest BCUT2D eigenvalue weighted by Crippen LogP contribution is 2.35. The zero-order chi connectivity index (χ0) is 19.4. The van der Waals surface area contributed by atoms with Gasteiger partial charge in [-0.05, 0) is 25.1 Å². The average Bonchev–Trinajstić information content (AvgIpc) is 3.17. The molecule has 2 aromatic rings. The molecule has 3 rings (SSSR count). The van der Waals surface area contributed by atoms with E-state index in [4.69, 9.17) is 4.74 Å². The molecule has 1 saturated heterocycles. The van der Waals surface area contributed by atoms with Crippen molar-refractivity contribution in [3.63, 3.8) is 0 Å². The molecular weight excluding hydrogens is 381 g/mol. The summed E-state index contributed by atoms with van der Waals surface area (Å²) in [6.45, 7) is 4.13. The Hall–Kier alpha value is -2.49. The molecule has 0 saturated carbocycles. The molecule has 2 heterocycles. The SMILES string of the molecule is CCOc1ccc(C(F)(F)F)cc1NC(=O)N1CCN(c2nccs2)CC1. The molecule has 1 aromatic carbocycles. The van der Waals surface area contributed by atoms with E-state index in [0.717, 1.165) is 17.3 Å². The van der Waals surface area contributed by atoms with Gasteiger partial charge in [-0.15, -0.1) is 11.3 Å². The van der Waals surface area contributed by atoms with E-state index in [-0.39, 0.29) is 18.0 Å². The van der Waals surface area contributed by atoms with Gasteiger partial charge in [0.15, 0.2) is 5.13 Å². The molecule has 0 radical (unpaired) electrons. The van der Waals surface area contributed by atoms with E-state index in [0.29, 0.717) is 26.2 Å². The molecule has 0 unspecified atom stereocenters. The first-order valence-corrected chi connectivity index (χ1v) is 9.31. The largest absolute Gasteiger partial charge is 0.492 e. The first kappa shape index (κ1) is 19.3. The Kier molecular flexibility index (Phi) is 5.73. The van der Waals surface area contributed by atoms with Gasteiger partial charge in [-0.2, -0.15) is 13.2 Å². The summed E-state index contributed by atoms with van der Waals surface area (Å²) >= 11 is 1.53. The van der Waals surface area contributed by atoms with Gasteiger partial charge in [-0.3, -0.25) is 0 Å². The number of aromatic nitrogens is 1. The van der Waals surface area contributed by atoms with Crippen molar-refractivity contribution in [3.05, 3.63) is 35.3 Å². The lowest BCUT2D eigenvalue weighted by atomic mass is 10.1. The minimum absolute atomic E-state index is 0.0130. The van der Waals surface area contributed by atoms with Crippen LogP contribution in [0.5, 0.6) is 5.75 Å². The summed E-state index contributed by atoms with van der Waals surface area (Å²) < 4.78 is 44.3. The van der Waals surface area contributed by atoms with Gasteiger partial charge in [0.1, 0.15) is 5.75 Å². The van der Waals surface area contributed by atoms with Crippen LogP contribution in [-0.2, 0) is 6.18 Å². The maximum Gasteiger partial charge on any atom is 0.416 e. The number of hydrogen-bond acceptors (Lipinski definition) is 5. The first-order valence-electron chi connectivity index (χ1n) is 8.43. The monoisotopic (exact) mass is 400 g/mol. The van der Waals surface area contributed by atoms with Crippen LogP contribution in [0.4, 0.5) is 28.8 Å². The van der Waals surface area contributed by atoms with Crippen molar-refractivity contribution in [3.8, 4) is 5.75 Å². The number of amides is 2. The topological polar surface area (TPSA) is 57.7 Å². The molecular formula is C17H19F3N4O2S. The number of thiazole rings is 1. The zero-order valence-electron chi connectivity index (χ0n) is 14.6. The maximum atomic E-state index is 13.0. The normalized spacial score (nSPS) is 15.0. The third-order valence-electron chi connectivity index (χ3n) is 4.11. The predicted octanol–water partition coefficient (Wildman–Crippen LogP) is 3.91. The highest BCUT2D eigenvalue weighted by Gasteiger charge is 2.32. The van der Waals surface area contributed by atoms with E-state index < -0.39 is 17.8 Å². The Bertz CT molecular complexity index is 775. The number of piperazine rings is 1. The Morgan fingerprint density at radius 1 is 1.30 bits per heavy atom. The van der Waals surface area contributed by atoms with Crippen LogP contribution in [0, 0.1) is 0 Å². The van der Waals surface area contributed by atoms with Crippen LogP contribution in [0.25, 0.3) is 0 Å². The molecule has 10 heteroatoms. The number of carbonyl (C=O) groups is 1. The molecule has 6 nitrogen and oxygen atoms in total. The number of ether oxygens (including phenoxy) is 1. The number of nitrogens with one attached hydrogen (secondary N) is 1. The van der Waals surface area contributed by atoms with Gasteiger partial charge in [0.05, 0.1) is 17.9 Å². The molecule has 0 spiro atoms. The van der Waals surface area contributed by atoms with Crippen LogP contribution in [0.15, 0.2) is 29.8 Å². The summed E-state index contributed by atoms with van der Waals surface area (Å²) in [6, 6.07) is 2.61. The van der Waals surface area contributed by atoms with E-state index in [1.165, 1.54) is 17.4 Å². The van der Waals surface area contributed by atoms with Crippen LogP contribution >= 0.6 is 11.3 Å². The van der Waals surface area contributed by atoms with Crippen molar-refractivity contribution >= 4 is 28.2 Å². The number of nitrogens with zero attached hydrogens (tertiary/aromatic N) is 3. The Labute approximate surface area is 158 Å². The van der Waals surface area contributed by atoms with Crippen LogP contribution in [-0.4, -0.2) is 48.7 Å². The second kappa shape index (κ2) is 8.03. The van der Waals surface area contributed by atoms with Gasteiger partial charge in [-0.25, -0.2) is 9.78 Å². The molecule has 27 heavy (non-hydrogen) atoms. The van der Waals surface area contributed by atoms with Crippen molar-refractivity contribution in [1.82, 2.24) is 9.88 Å². The highest BCUT2D eigenvalue weighted by molar-refractivity contribution is 7.13. The number of benzene rings is 1. The molecule has 2 amide bonds. The summed E-state index contributed by atoms with van der Waals surface area (Å²) in [5, 5.41) is 5.34. The zero-order valence-corrected chi connectivity index (χ0v) is 15.4. The minimum Gasteiger partial charge on any atom is -0.492 e. The average molecular weight is 400 g/mol. The highest BCUT2D eigenvalue weighted by atomic mass is 32.1. The number of hydrogen-bond donors (Lipinski definition) is 1. The minimum atomic E-state index is -4.50. The lowest BCUT2D eigenvalue weighted by Crippen LogP contribution is -2.50. The van der Waals surface area contributed by atoms with Crippen LogP contribution < -0.4 is 15.0 Å². The number of rotatable bonds is 4. The van der Waals surface area contributed by atoms with E-state index in [9.17, 15) is 18.0 Å². The fourth-order valence-corrected chi connectivity index (χ4v) is 3.45. The molecule has 146 valence electrons. The summed E-state index contributed by atoms with van der Waals surface area (Å²) in [5.41, 5.74) is -0.825. The Balaban J connectivity index is 1.68. The number of alkyl halides is 3. The molecule has 1 fully saturated rings. The summed E-state index contributed by atoms with van der Waals surface area (Å²) in [6.07, 6.45) is -2.77. The quantitative estimate of drug-likeness (QED) is 0.845. The second-order valence-corrected chi connectivity index (χ2v) is 6.73. The van der Waals surface area contributed by atoms with Crippen molar-refractivity contribution < 1.29 is 22.7 Å². The Morgan fingerprint density at radius 3 is 2.63 bits per heavy atom. The fourth-order valence-electron chi connectivity index (χ4n) is 2.75. The van der Waals surface area contributed by atoms with Crippen molar-refractivity contribution in [1.29, 1.82) is 0 Å². The van der Waals surface area contributed by atoms with E-state index in [1.54, 1.807) is 18.0 Å². The molecule has 1 aromatic heterocycles. The smallest absolute Gasteiger partial charge is 0.416 e. The van der Waals surface area contributed by atoms with Crippen LogP contribution in [0.3, 0.4) is 0 Å². The number of halogens is 3. The lowest BCUT2D eigenvalue weighted by molar-refractivity contribution is -0.137. The molecule has 1 N–H and O–H groups in total. The van der Waals surface area contributed by atoms with Gasteiger partial charge in [-0.1, -0.05) is 0 Å². The third kappa shape index (κ3) is 4.62. The molecule has 1 aliphatic heterocycles. The summed E-state index contributed by atoms with van der Waals surface area (Å²) in [4.78, 5) is 20.4. The van der Waals surface area contributed by atoms with E-state index >= 15 is 0 Å². The fraction of sp³-hybridized carbons (Fsp3) is 0.412. The number of anilines is 2. The van der Waals surface area contributed by atoms with Crippen molar-refractivity contribution in [2.45, 2.75) is 13.1 Å². The number of carbonyl (C=O) groups excluding carboxylic acids is 1. The lowest BCUT2D eigenvalue weighted by Gasteiger charge is -2.34. The second-order valence-electron chi connectivity index (χ2n) is 5.86. The van der Waals surface area contributed by atoms with Crippen LogP contribution in [0.2, 0.25) is 0 Å². The van der Waals surface area contributed by atoms with Gasteiger partial charge in [0.25, 0.3) is 0 Å². The molecule has 1 aliphatic rings. The molecule has 0 atom stereocenters. The summed E-state index contributed by atoms with van der Waals surface area (Å²) in [5.74, 6) is 0.209. The summed E-state index contributed by atoms with van der Waals surface area (Å²) in [7, 11) is 0. The van der Waals surface area contributed by atoms with Crippen molar-refractivity contribution in [2.24, 2.45) is 0 Å². The maximum absolute atomic E-state index is 13.0. The molecule has 0 bridgehead atoms. The van der Waals surface area contributed by atoms with E-state index in [1.807, 2.05) is 5.38 Å². The van der Waals surface area contributed by atoms with Gasteiger partial charge >= 0.3 is 12.2 Å². The standard InChI is InChI=1S/C17H19F3N4O2S/c1-2-26-14-4-3-12(17(18,19)20)11-13(14)22-15(25)23-6-8-24(9-7-23)16-21-5-10-27-16/h3-5,10-11H,2,6-9H2,1H3,(H,22,25). The van der Waals surface area contributed by atoms with Gasteiger partial charge in [0.2, 0.25) is 0 Å². The first-order chi connectivity index (χ1) is 12.9. The van der Waals surface area contributed by atoms with Gasteiger partial charge in [0, 0.05) is 37.8 Å². The third-order valence-corrected chi connectivity index (χ3v) is 4.94. The molecule has 0 aliphatic carbocycles. The van der Waals surface area contributed by atoms with Crippen molar-refractivity contribution in [2.75, 3.05) is 43.0 Å².